The highest BCUT2D eigenvalue weighted by molar-refractivity contribution is 7.14. The molecule has 466 valence electrons. The van der Waals surface area contributed by atoms with Gasteiger partial charge in [0.2, 0.25) is 0 Å². The third-order valence-electron chi connectivity index (χ3n) is 18.7. The number of hydrogen-bond donors (Lipinski definition) is 2. The maximum Gasteiger partial charge on any atom is 0.0737 e. The van der Waals surface area contributed by atoms with E-state index in [2.05, 4.69) is 229 Å². The molecular weight excluding hydrogens is 1190 g/mol. The Kier molecular flexibility index (Phi) is 20.8. The molecular formula is C84H86N4S4. The van der Waals surface area contributed by atoms with Gasteiger partial charge in [0.1, 0.15) is 0 Å². The van der Waals surface area contributed by atoms with E-state index in [-0.39, 0.29) is 0 Å². The molecule has 7 aromatic heterocycles. The molecule has 4 aromatic carbocycles. The van der Waals surface area contributed by atoms with Gasteiger partial charge < -0.3 is 9.97 Å². The van der Waals surface area contributed by atoms with Crippen molar-refractivity contribution in [2.45, 2.75) is 156 Å². The molecule has 4 nitrogen and oxygen atoms in total. The van der Waals surface area contributed by atoms with Crippen molar-refractivity contribution < 1.29 is 0 Å². The maximum atomic E-state index is 5.76. The lowest BCUT2D eigenvalue weighted by atomic mass is 9.99. The lowest BCUT2D eigenvalue weighted by molar-refractivity contribution is 0.668. The molecule has 8 heteroatoms. The van der Waals surface area contributed by atoms with Crippen LogP contribution in [0.4, 0.5) is 0 Å². The van der Waals surface area contributed by atoms with Crippen LogP contribution in [-0.4, -0.2) is 19.9 Å². The molecule has 0 spiro atoms. The summed E-state index contributed by atoms with van der Waals surface area (Å²) in [6.45, 7) is 9.16. The van der Waals surface area contributed by atoms with Crippen LogP contribution < -0.4 is 0 Å². The second-order valence-corrected chi connectivity index (χ2v) is 28.8. The van der Waals surface area contributed by atoms with E-state index in [0.717, 1.165) is 115 Å². The molecule has 0 radical (unpaired) electrons. The monoisotopic (exact) mass is 1280 g/mol. The highest BCUT2D eigenvalue weighted by Crippen LogP contribution is 2.43. The molecule has 9 heterocycles. The van der Waals surface area contributed by atoms with Crippen molar-refractivity contribution in [3.05, 3.63) is 212 Å². The summed E-state index contributed by atoms with van der Waals surface area (Å²) in [5, 5.41) is 9.07. The molecule has 0 aliphatic carbocycles. The number of aromatic nitrogens is 4. The highest BCUT2D eigenvalue weighted by Gasteiger charge is 2.22. The molecule has 0 amide bonds. The van der Waals surface area contributed by atoms with Crippen LogP contribution in [0.25, 0.3) is 133 Å². The minimum absolute atomic E-state index is 0.913. The van der Waals surface area contributed by atoms with Crippen LogP contribution in [0.3, 0.4) is 0 Å². The van der Waals surface area contributed by atoms with Crippen molar-refractivity contribution in [3.8, 4) is 86.3 Å². The Morgan fingerprint density at radius 3 is 0.685 bits per heavy atom. The zero-order valence-electron chi connectivity index (χ0n) is 54.1. The van der Waals surface area contributed by atoms with Gasteiger partial charge in [-0.15, -0.1) is 45.3 Å². The van der Waals surface area contributed by atoms with E-state index in [4.69, 9.17) is 9.97 Å². The molecule has 0 saturated carbocycles. The molecule has 2 N–H and O–H groups in total. The second kappa shape index (κ2) is 30.4. The van der Waals surface area contributed by atoms with Gasteiger partial charge in [-0.25, -0.2) is 9.97 Å². The molecule has 8 bridgehead atoms. The summed E-state index contributed by atoms with van der Waals surface area (Å²) in [5.74, 6) is 0. The smallest absolute Gasteiger partial charge is 0.0737 e. The van der Waals surface area contributed by atoms with E-state index in [1.165, 1.54) is 167 Å². The topological polar surface area (TPSA) is 57.4 Å². The number of hydrogen-bond acceptors (Lipinski definition) is 6. The van der Waals surface area contributed by atoms with Gasteiger partial charge in [0.05, 0.1) is 22.8 Å². The zero-order valence-corrected chi connectivity index (χ0v) is 57.4. The third kappa shape index (κ3) is 14.1. The number of rotatable bonds is 28. The van der Waals surface area contributed by atoms with Gasteiger partial charge in [0.15, 0.2) is 0 Å². The fourth-order valence-electron chi connectivity index (χ4n) is 13.7. The minimum atomic E-state index is 0.913. The predicted octanol–water partition coefficient (Wildman–Crippen LogP) is 26.7. The van der Waals surface area contributed by atoms with Gasteiger partial charge in [0.25, 0.3) is 0 Å². The first-order chi connectivity index (χ1) is 45.5. The van der Waals surface area contributed by atoms with Crippen LogP contribution in [0.1, 0.15) is 175 Å². The quantitative estimate of drug-likeness (QED) is 0.0480. The summed E-state index contributed by atoms with van der Waals surface area (Å²) in [6, 6.07) is 55.6. The number of nitrogens with zero attached hydrogens (tertiary/aromatic N) is 2. The molecule has 2 aliphatic heterocycles. The van der Waals surface area contributed by atoms with E-state index >= 15 is 0 Å². The van der Waals surface area contributed by atoms with Gasteiger partial charge in [-0.05, 0) is 212 Å². The first-order valence-electron chi connectivity index (χ1n) is 34.3. The van der Waals surface area contributed by atoms with Crippen LogP contribution in [0.2, 0.25) is 0 Å². The molecule has 92 heavy (non-hydrogen) atoms. The van der Waals surface area contributed by atoms with Crippen LogP contribution in [0.5, 0.6) is 0 Å². The van der Waals surface area contributed by atoms with E-state index in [0.29, 0.717) is 0 Å². The Morgan fingerprint density at radius 2 is 0.467 bits per heavy atom. The largest absolute Gasteiger partial charge is 0.354 e. The van der Waals surface area contributed by atoms with Gasteiger partial charge in [-0.3, -0.25) is 0 Å². The summed E-state index contributed by atoms with van der Waals surface area (Å²) < 4.78 is 0. The standard InChI is InChI=1S/C84H86N4S4/c1-5-9-13-17-21-61-49-53-89-81(61)65-33-25-57(26-34-65)77-69-41-43-71(85-69)78(58-27-35-66(36-28-58)82-62(50-54-90-82)22-18-14-10-6-2)73-45-47-75(87-73)80(60-31-39-68(40-32-60)84-64(52-56-92-84)24-20-16-12-8-4)76-48-46-74(88-76)79(72-44-42-70(77)86-72)59-29-37-67(38-30-59)83-63(51-55-91-83)23-19-15-11-7-3/h25-56,85,88H,5-24H2,1-4H3. The highest BCUT2D eigenvalue weighted by atomic mass is 32.1. The van der Waals surface area contributed by atoms with Crippen molar-refractivity contribution in [3.63, 3.8) is 0 Å². The Bertz CT molecular complexity index is 3930. The number of thiophene rings is 4. The van der Waals surface area contributed by atoms with Crippen LogP contribution in [0.15, 0.2) is 167 Å². The van der Waals surface area contributed by atoms with Crippen molar-refractivity contribution in [2.24, 2.45) is 0 Å². The molecule has 13 rings (SSSR count). The molecule has 0 fully saturated rings. The summed E-state index contributed by atoms with van der Waals surface area (Å²) in [6.07, 6.45) is 33.5. The Morgan fingerprint density at radius 1 is 0.250 bits per heavy atom. The maximum absolute atomic E-state index is 5.76. The number of H-pyrrole nitrogens is 2. The molecule has 2 aliphatic rings. The first kappa shape index (κ1) is 63.1. The summed E-state index contributed by atoms with van der Waals surface area (Å²) >= 11 is 7.43. The Balaban J connectivity index is 1.00. The Hall–Kier alpha value is -7.72. The third-order valence-corrected chi connectivity index (χ3v) is 22.7. The SMILES string of the molecule is CCCCCCc1ccsc1-c1ccc(-c2c3nc(c(-c4ccc(-c5sccc5CCCCCC)cc4)c4ccc([nH]4)c(-c4ccc(-c5sccc5CCCCCC)cc4)c4nc(c(-c5ccc(-c6sccc6CCCCCC)cc5)c5ccc2[nH]5)C=C4)C=C3)cc1. The van der Waals surface area contributed by atoms with Gasteiger partial charge in [-0.2, -0.15) is 0 Å². The number of aromatic amines is 2. The van der Waals surface area contributed by atoms with E-state index in [9.17, 15) is 0 Å². The van der Waals surface area contributed by atoms with E-state index < -0.39 is 0 Å². The number of aryl methyl sites for hydroxylation is 4. The van der Waals surface area contributed by atoms with Crippen molar-refractivity contribution in [2.75, 3.05) is 0 Å². The van der Waals surface area contributed by atoms with E-state index in [1.54, 1.807) is 0 Å². The average molecular weight is 1280 g/mol. The lowest BCUT2D eigenvalue weighted by Crippen LogP contribution is -1.91. The van der Waals surface area contributed by atoms with Crippen molar-refractivity contribution in [1.29, 1.82) is 0 Å². The number of unbranched alkanes of at least 4 members (excludes halogenated alkanes) is 12. The molecule has 0 atom stereocenters. The van der Waals surface area contributed by atoms with Crippen LogP contribution >= 0.6 is 45.3 Å². The Labute approximate surface area is 562 Å². The predicted molar refractivity (Wildman–Crippen MR) is 405 cm³/mol. The second-order valence-electron chi connectivity index (χ2n) is 25.2. The number of benzene rings is 4. The summed E-state index contributed by atoms with van der Waals surface area (Å²) in [4.78, 5) is 25.1. The molecule has 0 saturated heterocycles. The van der Waals surface area contributed by atoms with Crippen molar-refractivity contribution in [1.82, 2.24) is 19.9 Å². The molecule has 0 unspecified atom stereocenters. The van der Waals surface area contributed by atoms with Crippen molar-refractivity contribution >= 4 is 91.7 Å². The zero-order chi connectivity index (χ0) is 62.6. The fraction of sp³-hybridized carbons (Fsp3) is 0.286. The van der Waals surface area contributed by atoms with Gasteiger partial charge in [-0.1, -0.05) is 202 Å². The van der Waals surface area contributed by atoms with Gasteiger partial charge in [0, 0.05) is 63.8 Å². The summed E-state index contributed by atoms with van der Waals surface area (Å²) in [5.41, 5.74) is 27.2. The lowest BCUT2D eigenvalue weighted by Gasteiger charge is -2.10. The van der Waals surface area contributed by atoms with Crippen LogP contribution in [-0.2, 0) is 25.7 Å². The average Bonchev–Trinajstić information content (AvgIpc) is 3.16. The van der Waals surface area contributed by atoms with Gasteiger partial charge >= 0.3 is 0 Å². The summed E-state index contributed by atoms with van der Waals surface area (Å²) in [7, 11) is 0. The minimum Gasteiger partial charge on any atom is -0.354 e. The van der Waals surface area contributed by atoms with E-state index in [1.807, 2.05) is 45.3 Å². The number of fused-ring (bicyclic) bond motifs is 8. The molecule has 11 aromatic rings. The van der Waals surface area contributed by atoms with Crippen LogP contribution in [0, 0.1) is 0 Å². The normalized spacial score (nSPS) is 12.0. The first-order valence-corrected chi connectivity index (χ1v) is 37.8. The fourth-order valence-corrected chi connectivity index (χ4v) is 17.5. The number of nitrogens with one attached hydrogen (secondary N) is 2.